The molecule has 3 heterocycles. The van der Waals surface area contributed by atoms with Crippen LogP contribution in [0.2, 0.25) is 0 Å². The van der Waals surface area contributed by atoms with Crippen molar-refractivity contribution < 1.29 is 14.3 Å². The van der Waals surface area contributed by atoms with Crippen molar-refractivity contribution in [3.8, 4) is 11.5 Å². The van der Waals surface area contributed by atoms with Crippen molar-refractivity contribution in [2.24, 2.45) is 0 Å². The van der Waals surface area contributed by atoms with Gasteiger partial charge in [0.15, 0.2) is 11.5 Å². The second kappa shape index (κ2) is 6.06. The Kier molecular flexibility index (Phi) is 3.70. The Bertz CT molecular complexity index is 807. The number of amides is 1. The SMILES string of the molecule is O=C(c1cc2c(s1)CCC2)N1CCC[C@@H]1c1ccc2c(c1)OCCO2. The fraction of sp³-hybridized carbons (Fsp3) is 0.450. The number of likely N-dealkylation sites (tertiary alicyclic amines) is 1. The van der Waals surface area contributed by atoms with Gasteiger partial charge in [-0.15, -0.1) is 11.3 Å². The number of rotatable bonds is 2. The highest BCUT2D eigenvalue weighted by atomic mass is 32.1. The molecule has 1 saturated heterocycles. The summed E-state index contributed by atoms with van der Waals surface area (Å²) in [6.07, 6.45) is 5.56. The first kappa shape index (κ1) is 15.3. The molecule has 0 N–H and O–H groups in total. The van der Waals surface area contributed by atoms with Gasteiger partial charge in [0.05, 0.1) is 10.9 Å². The van der Waals surface area contributed by atoms with E-state index in [0.717, 1.165) is 54.2 Å². The summed E-state index contributed by atoms with van der Waals surface area (Å²) in [6.45, 7) is 2.02. The second-order valence-electron chi connectivity index (χ2n) is 6.97. The fourth-order valence-electron chi connectivity index (χ4n) is 4.20. The zero-order valence-electron chi connectivity index (χ0n) is 14.1. The number of hydrogen-bond acceptors (Lipinski definition) is 4. The van der Waals surface area contributed by atoms with Gasteiger partial charge in [-0.05, 0) is 61.4 Å². The monoisotopic (exact) mass is 355 g/mol. The Morgan fingerprint density at radius 1 is 1.08 bits per heavy atom. The summed E-state index contributed by atoms with van der Waals surface area (Å²) in [5.41, 5.74) is 2.54. The molecule has 5 heteroatoms. The number of thiophene rings is 1. The van der Waals surface area contributed by atoms with Crippen molar-refractivity contribution in [1.82, 2.24) is 4.90 Å². The molecule has 1 aliphatic carbocycles. The number of benzene rings is 1. The summed E-state index contributed by atoms with van der Waals surface area (Å²) in [6, 6.07) is 8.39. The van der Waals surface area contributed by atoms with Crippen LogP contribution < -0.4 is 9.47 Å². The van der Waals surface area contributed by atoms with Gasteiger partial charge in [-0.3, -0.25) is 4.79 Å². The molecule has 0 spiro atoms. The van der Waals surface area contributed by atoms with E-state index in [1.165, 1.54) is 16.9 Å². The molecule has 2 aliphatic heterocycles. The average Bonchev–Trinajstić information content (AvgIpc) is 3.36. The number of ether oxygens (including phenoxy) is 2. The van der Waals surface area contributed by atoms with Crippen LogP contribution in [-0.2, 0) is 12.8 Å². The zero-order valence-corrected chi connectivity index (χ0v) is 14.9. The molecular formula is C20H21NO3S. The highest BCUT2D eigenvalue weighted by Crippen LogP contribution is 2.40. The maximum Gasteiger partial charge on any atom is 0.264 e. The fourth-order valence-corrected chi connectivity index (χ4v) is 5.41. The van der Waals surface area contributed by atoms with Gasteiger partial charge in [0.25, 0.3) is 5.91 Å². The minimum absolute atomic E-state index is 0.139. The van der Waals surface area contributed by atoms with Crippen LogP contribution in [0.15, 0.2) is 24.3 Å². The van der Waals surface area contributed by atoms with Gasteiger partial charge in [-0.2, -0.15) is 0 Å². The summed E-state index contributed by atoms with van der Waals surface area (Å²) in [4.78, 5) is 17.5. The lowest BCUT2D eigenvalue weighted by Crippen LogP contribution is -2.30. The van der Waals surface area contributed by atoms with Gasteiger partial charge >= 0.3 is 0 Å². The van der Waals surface area contributed by atoms with Crippen molar-refractivity contribution in [3.05, 3.63) is 45.1 Å². The third-order valence-corrected chi connectivity index (χ3v) is 6.65. The number of nitrogens with zero attached hydrogens (tertiary/aromatic N) is 1. The molecule has 0 radical (unpaired) electrons. The quantitative estimate of drug-likeness (QED) is 0.818. The van der Waals surface area contributed by atoms with Crippen LogP contribution >= 0.6 is 11.3 Å². The summed E-state index contributed by atoms with van der Waals surface area (Å²) in [7, 11) is 0. The molecule has 0 unspecified atom stereocenters. The maximum absolute atomic E-state index is 13.1. The van der Waals surface area contributed by atoms with E-state index in [1.54, 1.807) is 11.3 Å². The summed E-state index contributed by atoms with van der Waals surface area (Å²) in [5, 5.41) is 0. The molecule has 25 heavy (non-hydrogen) atoms. The van der Waals surface area contributed by atoms with Gasteiger partial charge in [0.1, 0.15) is 13.2 Å². The number of carbonyl (C=O) groups is 1. The van der Waals surface area contributed by atoms with Gasteiger partial charge < -0.3 is 14.4 Å². The third kappa shape index (κ3) is 2.61. The van der Waals surface area contributed by atoms with Crippen LogP contribution in [-0.4, -0.2) is 30.6 Å². The normalized spacial score (nSPS) is 21.4. The second-order valence-corrected chi connectivity index (χ2v) is 8.11. The third-order valence-electron chi connectivity index (χ3n) is 5.42. The molecule has 0 bridgehead atoms. The number of hydrogen-bond donors (Lipinski definition) is 0. The van der Waals surface area contributed by atoms with Gasteiger partial charge in [-0.25, -0.2) is 0 Å². The Labute approximate surface area is 151 Å². The molecule has 1 atom stereocenters. The van der Waals surface area contributed by atoms with E-state index in [1.807, 2.05) is 11.0 Å². The molecule has 130 valence electrons. The summed E-state index contributed by atoms with van der Waals surface area (Å²) < 4.78 is 11.3. The van der Waals surface area contributed by atoms with Gasteiger partial charge in [0, 0.05) is 11.4 Å². The topological polar surface area (TPSA) is 38.8 Å². The van der Waals surface area contributed by atoms with Gasteiger partial charge in [0.2, 0.25) is 0 Å². The van der Waals surface area contributed by atoms with Crippen LogP contribution in [0.5, 0.6) is 11.5 Å². The van der Waals surface area contributed by atoms with Crippen molar-refractivity contribution in [2.45, 2.75) is 38.1 Å². The first-order valence-corrected chi connectivity index (χ1v) is 9.93. The van der Waals surface area contributed by atoms with E-state index in [-0.39, 0.29) is 11.9 Å². The molecule has 1 aromatic carbocycles. The molecular weight excluding hydrogens is 334 g/mol. The largest absolute Gasteiger partial charge is 0.486 e. The predicted molar refractivity (Wildman–Crippen MR) is 96.8 cm³/mol. The summed E-state index contributed by atoms with van der Waals surface area (Å²) >= 11 is 1.70. The lowest BCUT2D eigenvalue weighted by molar-refractivity contribution is 0.0740. The first-order chi connectivity index (χ1) is 12.3. The molecule has 5 rings (SSSR count). The van der Waals surface area contributed by atoms with Crippen LogP contribution in [0.25, 0.3) is 0 Å². The van der Waals surface area contributed by atoms with Crippen LogP contribution in [0.4, 0.5) is 0 Å². The van der Waals surface area contributed by atoms with E-state index >= 15 is 0 Å². The highest BCUT2D eigenvalue weighted by Gasteiger charge is 2.33. The standard InChI is InChI=1S/C20H21NO3S/c22-20(19-12-14-3-1-5-18(14)25-19)21-8-2-4-15(21)13-6-7-16-17(11-13)24-10-9-23-16/h6-7,11-12,15H,1-5,8-10H2/t15-/m1/s1. The van der Waals surface area contributed by atoms with Crippen molar-refractivity contribution in [1.29, 1.82) is 0 Å². The number of carbonyl (C=O) groups excluding carboxylic acids is 1. The molecule has 1 aromatic heterocycles. The van der Waals surface area contributed by atoms with E-state index in [9.17, 15) is 4.79 Å². The Morgan fingerprint density at radius 2 is 1.96 bits per heavy atom. The maximum atomic E-state index is 13.1. The lowest BCUT2D eigenvalue weighted by atomic mass is 10.0. The molecule has 2 aromatic rings. The summed E-state index contributed by atoms with van der Waals surface area (Å²) in [5.74, 6) is 1.80. The van der Waals surface area contributed by atoms with Crippen LogP contribution in [0.3, 0.4) is 0 Å². The first-order valence-electron chi connectivity index (χ1n) is 9.12. The van der Waals surface area contributed by atoms with E-state index in [2.05, 4.69) is 18.2 Å². The number of fused-ring (bicyclic) bond motifs is 2. The molecule has 1 fully saturated rings. The Hall–Kier alpha value is -2.01. The molecule has 4 nitrogen and oxygen atoms in total. The minimum Gasteiger partial charge on any atom is -0.486 e. The van der Waals surface area contributed by atoms with Gasteiger partial charge in [-0.1, -0.05) is 6.07 Å². The number of aryl methyl sites for hydroxylation is 2. The van der Waals surface area contributed by atoms with E-state index in [4.69, 9.17) is 9.47 Å². The van der Waals surface area contributed by atoms with Crippen LogP contribution in [0.1, 0.15) is 51.0 Å². The Balaban J connectivity index is 1.42. The smallest absolute Gasteiger partial charge is 0.264 e. The van der Waals surface area contributed by atoms with E-state index < -0.39 is 0 Å². The van der Waals surface area contributed by atoms with Crippen molar-refractivity contribution in [2.75, 3.05) is 19.8 Å². The molecule has 0 saturated carbocycles. The van der Waals surface area contributed by atoms with Crippen molar-refractivity contribution in [3.63, 3.8) is 0 Å². The van der Waals surface area contributed by atoms with Crippen molar-refractivity contribution >= 4 is 17.2 Å². The molecule has 1 amide bonds. The lowest BCUT2D eigenvalue weighted by Gasteiger charge is -2.26. The zero-order chi connectivity index (χ0) is 16.8. The highest BCUT2D eigenvalue weighted by molar-refractivity contribution is 7.14. The average molecular weight is 355 g/mol. The van der Waals surface area contributed by atoms with Crippen LogP contribution in [0, 0.1) is 0 Å². The molecule has 3 aliphatic rings. The van der Waals surface area contributed by atoms with E-state index in [0.29, 0.717) is 13.2 Å². The Morgan fingerprint density at radius 3 is 2.84 bits per heavy atom. The minimum atomic E-state index is 0.139. The predicted octanol–water partition coefficient (Wildman–Crippen LogP) is 3.99.